The van der Waals surface area contributed by atoms with Gasteiger partial charge in [-0.2, -0.15) is 9.61 Å². The lowest BCUT2D eigenvalue weighted by molar-refractivity contribution is 0.112. The number of hydrogen-bond acceptors (Lipinski definition) is 8. The molecule has 13 heteroatoms. The van der Waals surface area contributed by atoms with E-state index in [1.807, 2.05) is 12.1 Å². The van der Waals surface area contributed by atoms with Crippen molar-refractivity contribution in [3.05, 3.63) is 68.4 Å². The molecule has 12 nitrogen and oxygen atoms in total. The summed E-state index contributed by atoms with van der Waals surface area (Å²) in [5.41, 5.74) is 1.45. The Kier molecular flexibility index (Phi) is 6.34. The van der Waals surface area contributed by atoms with Crippen LogP contribution in [0.3, 0.4) is 0 Å². The lowest BCUT2D eigenvalue weighted by Crippen LogP contribution is -2.40. The number of nitrogens with one attached hydrogen (secondary N) is 3. The third-order valence-electron chi connectivity index (χ3n) is 5.82. The molecule has 36 heavy (non-hydrogen) atoms. The van der Waals surface area contributed by atoms with Crippen LogP contribution in [0.4, 0.5) is 16.3 Å². The van der Waals surface area contributed by atoms with Gasteiger partial charge in [0.25, 0.3) is 0 Å². The molecule has 186 valence electrons. The summed E-state index contributed by atoms with van der Waals surface area (Å²) in [5, 5.41) is 18.8. The van der Waals surface area contributed by atoms with E-state index in [-0.39, 0.29) is 23.7 Å². The molecule has 3 aromatic heterocycles. The summed E-state index contributed by atoms with van der Waals surface area (Å²) in [7, 11) is 1.37. The van der Waals surface area contributed by atoms with Crippen LogP contribution in [0.1, 0.15) is 18.5 Å². The molecule has 0 saturated carbocycles. The van der Waals surface area contributed by atoms with E-state index in [1.165, 1.54) is 7.11 Å². The number of aromatic amines is 2. The first kappa shape index (κ1) is 23.4. The molecule has 0 aliphatic carbocycles. The maximum Gasteiger partial charge on any atom is 0.409 e. The Morgan fingerprint density at radius 2 is 2.11 bits per heavy atom. The van der Waals surface area contributed by atoms with E-state index >= 15 is 0 Å². The fraction of sp³-hybridized carbons (Fsp3) is 0.261. The summed E-state index contributed by atoms with van der Waals surface area (Å²) < 4.78 is 6.41. The Bertz CT molecular complexity index is 1600. The van der Waals surface area contributed by atoms with Crippen molar-refractivity contribution in [2.24, 2.45) is 4.99 Å². The summed E-state index contributed by atoms with van der Waals surface area (Å²) >= 11 is 6.14. The van der Waals surface area contributed by atoms with E-state index in [1.54, 1.807) is 39.9 Å². The maximum atomic E-state index is 11.8. The van der Waals surface area contributed by atoms with Gasteiger partial charge < -0.3 is 25.0 Å². The molecule has 1 aliphatic rings. The number of rotatable bonds is 4. The number of aromatic hydroxyl groups is 1. The van der Waals surface area contributed by atoms with Crippen LogP contribution in [-0.2, 0) is 4.74 Å². The smallest absolute Gasteiger partial charge is 0.409 e. The number of methoxy groups -OCH3 is 1. The zero-order chi connectivity index (χ0) is 25.2. The lowest BCUT2D eigenvalue weighted by Gasteiger charge is -2.28. The van der Waals surface area contributed by atoms with Gasteiger partial charge in [-0.15, -0.1) is 0 Å². The van der Waals surface area contributed by atoms with Gasteiger partial charge >= 0.3 is 11.8 Å². The van der Waals surface area contributed by atoms with Crippen LogP contribution in [0, 0.1) is 0 Å². The second kappa shape index (κ2) is 9.74. The van der Waals surface area contributed by atoms with Crippen LogP contribution < -0.4 is 21.7 Å². The number of nitrogens with zero attached hydrogens (tertiary/aromatic N) is 5. The van der Waals surface area contributed by atoms with Gasteiger partial charge in [0, 0.05) is 35.1 Å². The normalized spacial score (nSPS) is 15.6. The average Bonchev–Trinajstić information content (AvgIpc) is 3.41. The Hall–Kier alpha value is -4.32. The van der Waals surface area contributed by atoms with E-state index in [0.29, 0.717) is 53.1 Å². The molecule has 1 aliphatic heterocycles. The number of imidazole rings is 1. The van der Waals surface area contributed by atoms with E-state index in [0.717, 1.165) is 5.69 Å². The first-order valence-corrected chi connectivity index (χ1v) is 11.6. The second-order valence-corrected chi connectivity index (χ2v) is 8.71. The summed E-state index contributed by atoms with van der Waals surface area (Å²) in [6.07, 6.45) is 4.16. The van der Waals surface area contributed by atoms with Crippen molar-refractivity contribution >= 4 is 40.9 Å². The number of aromatic nitrogens is 5. The van der Waals surface area contributed by atoms with Crippen LogP contribution >= 0.6 is 11.6 Å². The number of carbonyl (C=O) groups is 1. The number of hydrogen-bond donors (Lipinski definition) is 4. The minimum absolute atomic E-state index is 0.0303. The van der Waals surface area contributed by atoms with Gasteiger partial charge in [-0.3, -0.25) is 9.98 Å². The zero-order valence-corrected chi connectivity index (χ0v) is 20.0. The number of carbonyl (C=O) groups excluding carboxylic acids is 1. The first-order chi connectivity index (χ1) is 17.4. The monoisotopic (exact) mass is 510 g/mol. The molecule has 0 spiro atoms. The largest absolute Gasteiger partial charge is 0.493 e. The molecular weight excluding hydrogens is 488 g/mol. The standard InChI is InChI=1S/C23H23ClN8O4/c1-36-23(35)31-7-5-15(6-8-31)27-19-11-18(26-16-4-2-3-14(24)10-16)29-20-13(12-25-32(19)20)9-17-21(33)30-22(34)28-17/h2-4,9-12,15,26,33H,5-8H2,1H3,(H2,28,30,34)/b13-9+,27-19?. The van der Waals surface area contributed by atoms with Crippen LogP contribution in [0.5, 0.6) is 5.88 Å². The number of likely N-dealkylation sites (tertiary alicyclic amines) is 1. The van der Waals surface area contributed by atoms with E-state index in [9.17, 15) is 14.7 Å². The van der Waals surface area contributed by atoms with Crippen molar-refractivity contribution in [1.82, 2.24) is 29.5 Å². The van der Waals surface area contributed by atoms with Crippen LogP contribution in [-0.4, -0.2) is 66.9 Å². The highest BCUT2D eigenvalue weighted by Gasteiger charge is 2.23. The summed E-state index contributed by atoms with van der Waals surface area (Å²) in [4.78, 5) is 39.4. The van der Waals surface area contributed by atoms with Crippen molar-refractivity contribution < 1.29 is 14.6 Å². The highest BCUT2D eigenvalue weighted by atomic mass is 35.5. The number of anilines is 2. The number of fused-ring (bicyclic) bond motifs is 1. The van der Waals surface area contributed by atoms with Gasteiger partial charge in [-0.1, -0.05) is 17.7 Å². The van der Waals surface area contributed by atoms with E-state index < -0.39 is 5.69 Å². The highest BCUT2D eigenvalue weighted by molar-refractivity contribution is 6.30. The molecule has 4 aromatic rings. The number of ether oxygens (including phenoxy) is 1. The molecule has 1 fully saturated rings. The quantitative estimate of drug-likeness (QED) is 0.324. The molecule has 1 amide bonds. The predicted octanol–water partition coefficient (Wildman–Crippen LogP) is 1.53. The van der Waals surface area contributed by atoms with Crippen LogP contribution in [0.25, 0.3) is 11.7 Å². The van der Waals surface area contributed by atoms with Crippen molar-refractivity contribution in [1.29, 1.82) is 0 Å². The topological polar surface area (TPSA) is 153 Å². The molecule has 1 saturated heterocycles. The fourth-order valence-electron chi connectivity index (χ4n) is 4.08. The van der Waals surface area contributed by atoms with Crippen LogP contribution in [0.2, 0.25) is 5.02 Å². The molecule has 0 atom stereocenters. The summed E-state index contributed by atoms with van der Waals surface area (Å²) in [6.45, 7) is 1.09. The number of benzene rings is 1. The molecule has 0 radical (unpaired) electrons. The molecule has 5 rings (SSSR count). The van der Waals surface area contributed by atoms with Crippen molar-refractivity contribution in [2.45, 2.75) is 18.9 Å². The minimum atomic E-state index is -0.527. The van der Waals surface area contributed by atoms with Gasteiger partial charge in [-0.05, 0) is 37.1 Å². The Morgan fingerprint density at radius 3 is 2.81 bits per heavy atom. The fourth-order valence-corrected chi connectivity index (χ4v) is 4.27. The lowest BCUT2D eigenvalue weighted by atomic mass is 10.1. The van der Waals surface area contributed by atoms with Crippen molar-refractivity contribution in [3.8, 4) is 5.88 Å². The molecule has 0 unspecified atom stereocenters. The van der Waals surface area contributed by atoms with Gasteiger partial charge in [0.15, 0.2) is 11.1 Å². The first-order valence-electron chi connectivity index (χ1n) is 11.2. The molecule has 4 N–H and O–H groups in total. The highest BCUT2D eigenvalue weighted by Crippen LogP contribution is 2.19. The maximum absolute atomic E-state index is 11.8. The van der Waals surface area contributed by atoms with E-state index in [2.05, 4.69) is 20.4 Å². The Balaban J connectivity index is 1.58. The number of H-pyrrole nitrogens is 2. The number of amides is 1. The molecule has 1 aromatic carbocycles. The van der Waals surface area contributed by atoms with Gasteiger partial charge in [0.1, 0.15) is 11.5 Å². The van der Waals surface area contributed by atoms with Gasteiger partial charge in [-0.25, -0.2) is 14.6 Å². The Morgan fingerprint density at radius 1 is 1.31 bits per heavy atom. The van der Waals surface area contributed by atoms with Crippen molar-refractivity contribution in [2.75, 3.05) is 25.5 Å². The SMILES string of the molecule is COC(=O)N1CCC(N=c2cc(Nc3cccc(Cl)c3)nc3/c(=C/c4[nH]c(=O)[nH]c4O)cnn23)CC1. The number of piperidine rings is 1. The summed E-state index contributed by atoms with van der Waals surface area (Å²) in [6, 6.07) is 9.00. The van der Waals surface area contributed by atoms with Crippen LogP contribution in [0.15, 0.2) is 46.3 Å². The molecule has 0 bridgehead atoms. The average molecular weight is 511 g/mol. The molecular formula is C23H23ClN8O4. The van der Waals surface area contributed by atoms with E-state index in [4.69, 9.17) is 26.3 Å². The third kappa shape index (κ3) is 4.89. The number of halogens is 1. The van der Waals surface area contributed by atoms with Gasteiger partial charge in [0.2, 0.25) is 5.88 Å². The third-order valence-corrected chi connectivity index (χ3v) is 6.06. The minimum Gasteiger partial charge on any atom is -0.493 e. The van der Waals surface area contributed by atoms with Gasteiger partial charge in [0.05, 0.1) is 19.3 Å². The summed E-state index contributed by atoms with van der Waals surface area (Å²) in [5.74, 6) is 0.229. The molecule has 4 heterocycles. The Labute approximate surface area is 208 Å². The van der Waals surface area contributed by atoms with Crippen molar-refractivity contribution in [3.63, 3.8) is 0 Å². The predicted molar refractivity (Wildman–Crippen MR) is 132 cm³/mol. The zero-order valence-electron chi connectivity index (χ0n) is 19.2. The second-order valence-electron chi connectivity index (χ2n) is 8.27.